The van der Waals surface area contributed by atoms with Crippen LogP contribution >= 0.6 is 0 Å². The van der Waals surface area contributed by atoms with Crippen molar-refractivity contribution in [3.05, 3.63) is 18.5 Å². The molecule has 2 aliphatic rings. The van der Waals surface area contributed by atoms with E-state index in [4.69, 9.17) is 0 Å². The number of nitrogens with zero attached hydrogens (tertiary/aromatic N) is 5. The molecule has 1 saturated carbocycles. The van der Waals surface area contributed by atoms with Crippen molar-refractivity contribution in [3.8, 4) is 0 Å². The van der Waals surface area contributed by atoms with E-state index in [1.807, 2.05) is 11.0 Å². The normalized spacial score (nSPS) is 18.9. The molecule has 0 bridgehead atoms. The molecule has 0 atom stereocenters. The quantitative estimate of drug-likeness (QED) is 0.592. The number of carbonyl (C=O) groups excluding carboxylic acids is 1. The van der Waals surface area contributed by atoms with E-state index in [0.29, 0.717) is 32.1 Å². The zero-order chi connectivity index (χ0) is 18.2. The van der Waals surface area contributed by atoms with Gasteiger partial charge in [0, 0.05) is 64.6 Å². The van der Waals surface area contributed by atoms with Crippen molar-refractivity contribution in [1.82, 2.24) is 25.5 Å². The van der Waals surface area contributed by atoms with E-state index in [2.05, 4.69) is 30.5 Å². The van der Waals surface area contributed by atoms with Gasteiger partial charge in [-0.15, -0.1) is 0 Å². The van der Waals surface area contributed by atoms with Crippen molar-refractivity contribution >= 4 is 17.8 Å². The topological polar surface area (TPSA) is 85.8 Å². The van der Waals surface area contributed by atoms with Crippen LogP contribution in [0.3, 0.4) is 0 Å². The summed E-state index contributed by atoms with van der Waals surface area (Å²) in [5.41, 5.74) is 0. The smallest absolute Gasteiger partial charge is 0.225 e. The summed E-state index contributed by atoms with van der Waals surface area (Å²) >= 11 is 0. The van der Waals surface area contributed by atoms with Crippen LogP contribution in [-0.2, 0) is 4.79 Å². The van der Waals surface area contributed by atoms with Crippen molar-refractivity contribution in [2.24, 2.45) is 4.99 Å². The minimum atomic E-state index is 0.183. The first-order valence-corrected chi connectivity index (χ1v) is 9.53. The second-order valence-electron chi connectivity index (χ2n) is 6.79. The first kappa shape index (κ1) is 18.4. The summed E-state index contributed by atoms with van der Waals surface area (Å²) < 4.78 is 0. The Labute approximate surface area is 155 Å². The molecular formula is C18H29N7O. The Morgan fingerprint density at radius 3 is 2.54 bits per heavy atom. The number of piperazine rings is 1. The van der Waals surface area contributed by atoms with E-state index in [-0.39, 0.29) is 5.91 Å². The number of hydrogen-bond acceptors (Lipinski definition) is 5. The molecule has 26 heavy (non-hydrogen) atoms. The molecule has 1 aromatic heterocycles. The molecule has 1 aliphatic heterocycles. The number of rotatable bonds is 5. The third-order valence-electron chi connectivity index (χ3n) is 5.02. The first-order valence-electron chi connectivity index (χ1n) is 9.53. The van der Waals surface area contributed by atoms with Crippen LogP contribution in [0.4, 0.5) is 5.95 Å². The Morgan fingerprint density at radius 1 is 1.19 bits per heavy atom. The molecule has 2 fully saturated rings. The Kier molecular flexibility index (Phi) is 6.62. The Hall–Kier alpha value is -2.38. The Bertz CT molecular complexity index is 593. The van der Waals surface area contributed by atoms with Crippen LogP contribution in [0.25, 0.3) is 0 Å². The largest absolute Gasteiger partial charge is 0.356 e. The van der Waals surface area contributed by atoms with Crippen molar-refractivity contribution in [2.75, 3.05) is 44.7 Å². The number of anilines is 1. The molecule has 0 spiro atoms. The van der Waals surface area contributed by atoms with Crippen molar-refractivity contribution in [1.29, 1.82) is 0 Å². The van der Waals surface area contributed by atoms with Gasteiger partial charge in [-0.1, -0.05) is 12.8 Å². The van der Waals surface area contributed by atoms with Gasteiger partial charge >= 0.3 is 0 Å². The summed E-state index contributed by atoms with van der Waals surface area (Å²) in [4.78, 5) is 29.3. The number of carbonyl (C=O) groups is 1. The molecule has 0 radical (unpaired) electrons. The number of aliphatic imine (C=N–C) groups is 1. The van der Waals surface area contributed by atoms with Crippen molar-refractivity contribution in [2.45, 2.75) is 38.1 Å². The third kappa shape index (κ3) is 5.06. The zero-order valence-corrected chi connectivity index (χ0v) is 15.5. The summed E-state index contributed by atoms with van der Waals surface area (Å²) in [6.45, 7) is 3.58. The molecule has 1 aliphatic carbocycles. The van der Waals surface area contributed by atoms with Gasteiger partial charge in [-0.25, -0.2) is 9.97 Å². The molecular weight excluding hydrogens is 330 g/mol. The monoisotopic (exact) mass is 359 g/mol. The fourth-order valence-corrected chi connectivity index (χ4v) is 3.51. The highest BCUT2D eigenvalue weighted by molar-refractivity contribution is 5.81. The van der Waals surface area contributed by atoms with Gasteiger partial charge in [-0.05, 0) is 18.9 Å². The predicted molar refractivity (Wildman–Crippen MR) is 102 cm³/mol. The maximum Gasteiger partial charge on any atom is 0.225 e. The molecule has 2 heterocycles. The first-order chi connectivity index (χ1) is 12.8. The van der Waals surface area contributed by atoms with Crippen molar-refractivity contribution in [3.63, 3.8) is 0 Å². The summed E-state index contributed by atoms with van der Waals surface area (Å²) in [6.07, 6.45) is 8.95. The molecule has 8 nitrogen and oxygen atoms in total. The van der Waals surface area contributed by atoms with Crippen LogP contribution in [-0.4, -0.2) is 72.5 Å². The lowest BCUT2D eigenvalue weighted by Gasteiger charge is -2.34. The van der Waals surface area contributed by atoms with Crippen LogP contribution in [0.2, 0.25) is 0 Å². The van der Waals surface area contributed by atoms with Crippen LogP contribution in [0.15, 0.2) is 23.5 Å². The van der Waals surface area contributed by atoms with Gasteiger partial charge in [0.25, 0.3) is 0 Å². The summed E-state index contributed by atoms with van der Waals surface area (Å²) in [6, 6.07) is 2.33. The van der Waals surface area contributed by atoms with Crippen LogP contribution in [0, 0.1) is 0 Å². The highest BCUT2D eigenvalue weighted by Gasteiger charge is 2.22. The molecule has 0 aromatic carbocycles. The van der Waals surface area contributed by atoms with Crippen LogP contribution in [0.1, 0.15) is 32.1 Å². The second kappa shape index (κ2) is 9.35. The van der Waals surface area contributed by atoms with E-state index in [1.165, 1.54) is 25.7 Å². The highest BCUT2D eigenvalue weighted by Crippen LogP contribution is 2.17. The van der Waals surface area contributed by atoms with E-state index in [1.54, 1.807) is 19.4 Å². The molecule has 142 valence electrons. The average molecular weight is 359 g/mol. The number of guanidine groups is 1. The van der Waals surface area contributed by atoms with E-state index in [9.17, 15) is 4.79 Å². The third-order valence-corrected chi connectivity index (χ3v) is 5.02. The Morgan fingerprint density at radius 2 is 1.88 bits per heavy atom. The number of nitrogens with one attached hydrogen (secondary N) is 2. The summed E-state index contributed by atoms with van der Waals surface area (Å²) in [5.74, 6) is 1.72. The molecule has 1 amide bonds. The van der Waals surface area contributed by atoms with Crippen LogP contribution < -0.4 is 15.5 Å². The molecule has 3 rings (SSSR count). The second-order valence-corrected chi connectivity index (χ2v) is 6.79. The van der Waals surface area contributed by atoms with Gasteiger partial charge in [0.1, 0.15) is 0 Å². The van der Waals surface area contributed by atoms with Gasteiger partial charge < -0.3 is 20.4 Å². The van der Waals surface area contributed by atoms with Gasteiger partial charge in [0.2, 0.25) is 11.9 Å². The lowest BCUT2D eigenvalue weighted by molar-refractivity contribution is -0.131. The summed E-state index contributed by atoms with van der Waals surface area (Å²) in [7, 11) is 1.77. The maximum atomic E-state index is 12.4. The lowest BCUT2D eigenvalue weighted by atomic mass is 10.2. The minimum Gasteiger partial charge on any atom is -0.356 e. The van der Waals surface area contributed by atoms with E-state index in [0.717, 1.165) is 25.0 Å². The number of amides is 1. The lowest BCUT2D eigenvalue weighted by Crippen LogP contribution is -2.50. The number of hydrogen-bond donors (Lipinski definition) is 2. The highest BCUT2D eigenvalue weighted by atomic mass is 16.2. The zero-order valence-electron chi connectivity index (χ0n) is 15.5. The van der Waals surface area contributed by atoms with Gasteiger partial charge in [0.15, 0.2) is 5.96 Å². The average Bonchev–Trinajstić information content (AvgIpc) is 3.21. The fourth-order valence-electron chi connectivity index (χ4n) is 3.51. The van der Waals surface area contributed by atoms with Crippen molar-refractivity contribution < 1.29 is 4.79 Å². The Balaban J connectivity index is 1.36. The summed E-state index contributed by atoms with van der Waals surface area (Å²) in [5, 5.41) is 6.70. The fraction of sp³-hybridized carbons (Fsp3) is 0.667. The van der Waals surface area contributed by atoms with Crippen LogP contribution in [0.5, 0.6) is 0 Å². The van der Waals surface area contributed by atoms with Gasteiger partial charge in [0.05, 0.1) is 0 Å². The van der Waals surface area contributed by atoms with E-state index < -0.39 is 0 Å². The maximum absolute atomic E-state index is 12.4. The van der Waals surface area contributed by atoms with Gasteiger partial charge in [-0.2, -0.15) is 0 Å². The standard InChI is InChI=1S/C18H29N7O/c1-19-17(23-15-5-2-3-6-15)20-10-7-16(26)24-11-13-25(14-12-24)18-21-8-4-9-22-18/h4,8-9,15H,2-3,5-7,10-14H2,1H3,(H2,19,20,23). The molecule has 8 heteroatoms. The SMILES string of the molecule is CN=C(NCCC(=O)N1CCN(c2ncccn2)CC1)NC1CCCC1. The molecule has 1 aromatic rings. The molecule has 2 N–H and O–H groups in total. The predicted octanol–water partition coefficient (Wildman–Crippen LogP) is 0.623. The minimum absolute atomic E-state index is 0.183. The van der Waals surface area contributed by atoms with E-state index >= 15 is 0 Å². The molecule has 1 saturated heterocycles. The van der Waals surface area contributed by atoms with Gasteiger partial charge in [-0.3, -0.25) is 9.79 Å². The molecule has 0 unspecified atom stereocenters. The number of aromatic nitrogens is 2.